The van der Waals surface area contributed by atoms with E-state index in [-0.39, 0.29) is 0 Å². The number of ether oxygens (including phenoxy) is 2. The van der Waals surface area contributed by atoms with Gasteiger partial charge in [-0.1, -0.05) is 73.1 Å². The monoisotopic (exact) mass is 571 g/mol. The van der Waals surface area contributed by atoms with Gasteiger partial charge in [-0.05, 0) is 42.3 Å². The zero-order chi connectivity index (χ0) is 28.5. The highest BCUT2D eigenvalue weighted by Crippen LogP contribution is 2.43. The highest BCUT2D eigenvalue weighted by Gasteiger charge is 2.28. The molecule has 7 nitrogen and oxygen atoms in total. The van der Waals surface area contributed by atoms with Crippen LogP contribution in [-0.2, 0) is 37.8 Å². The summed E-state index contributed by atoms with van der Waals surface area (Å²) in [6.45, 7) is 3.83. The molecule has 0 unspecified atom stereocenters. The van der Waals surface area contributed by atoms with Crippen LogP contribution in [0.3, 0.4) is 0 Å². The van der Waals surface area contributed by atoms with Crippen molar-refractivity contribution in [1.29, 1.82) is 0 Å². The van der Waals surface area contributed by atoms with Gasteiger partial charge in [-0.2, -0.15) is 5.10 Å². The first-order valence-corrected chi connectivity index (χ1v) is 14.4. The minimum Gasteiger partial charge on any atom is -0.493 e. The molecule has 0 atom stereocenters. The largest absolute Gasteiger partial charge is 0.493 e. The summed E-state index contributed by atoms with van der Waals surface area (Å²) < 4.78 is 16.0. The minimum atomic E-state index is -1.66. The Balaban J connectivity index is 1.44. The van der Waals surface area contributed by atoms with Crippen LogP contribution in [0.25, 0.3) is 32.8 Å². The number of rotatable bonds is 7. The topological polar surface area (TPSA) is 81.7 Å². The summed E-state index contributed by atoms with van der Waals surface area (Å²) in [5, 5.41) is 29.9. The second-order valence-corrected chi connectivity index (χ2v) is 10.7. The van der Waals surface area contributed by atoms with Crippen molar-refractivity contribution in [2.45, 2.75) is 45.6 Å². The van der Waals surface area contributed by atoms with E-state index < -0.39 is 6.29 Å². The zero-order valence-electron chi connectivity index (χ0n) is 23.3. The number of halogens is 1. The van der Waals surface area contributed by atoms with E-state index in [0.29, 0.717) is 49.9 Å². The highest BCUT2D eigenvalue weighted by atomic mass is 35.5. The summed E-state index contributed by atoms with van der Waals surface area (Å²) in [6, 6.07) is 18.1. The summed E-state index contributed by atoms with van der Waals surface area (Å²) >= 11 is 6.97. The number of aromatic nitrogens is 3. The Morgan fingerprint density at radius 3 is 2.68 bits per heavy atom. The number of aliphatic hydroxyl groups excluding tert-OH is 1. The molecular formula is C33H34ClN3O4. The third kappa shape index (κ3) is 5.04. The van der Waals surface area contributed by atoms with Crippen molar-refractivity contribution in [3.05, 3.63) is 94.4 Å². The maximum Gasteiger partial charge on any atom is 0.194 e. The molecule has 0 saturated carbocycles. The maximum absolute atomic E-state index is 10.7. The molecule has 1 aliphatic heterocycles. The fraction of sp³-hybridized carbons (Fsp3) is 0.303. The second-order valence-electron chi connectivity index (χ2n) is 10.3. The van der Waals surface area contributed by atoms with Crippen LogP contribution in [0.5, 0.6) is 5.75 Å². The Morgan fingerprint density at radius 1 is 1.02 bits per heavy atom. The van der Waals surface area contributed by atoms with E-state index in [0.717, 1.165) is 61.9 Å². The van der Waals surface area contributed by atoms with Gasteiger partial charge in [0.05, 0.1) is 41.7 Å². The van der Waals surface area contributed by atoms with Crippen LogP contribution in [0.15, 0.2) is 66.7 Å². The number of hydrogen-bond acceptors (Lipinski definition) is 5. The molecule has 5 aromatic rings. The van der Waals surface area contributed by atoms with E-state index >= 15 is 0 Å². The van der Waals surface area contributed by atoms with Crippen LogP contribution in [0.2, 0.25) is 5.02 Å². The predicted molar refractivity (Wildman–Crippen MR) is 162 cm³/mol. The summed E-state index contributed by atoms with van der Waals surface area (Å²) in [5.74, 6) is 0.847. The summed E-state index contributed by atoms with van der Waals surface area (Å²) in [6.07, 6.45) is 4.36. The first kappa shape index (κ1) is 27.5. The molecule has 3 aromatic carbocycles. The van der Waals surface area contributed by atoms with Gasteiger partial charge < -0.3 is 24.3 Å². The first-order chi connectivity index (χ1) is 20.0. The average Bonchev–Trinajstić information content (AvgIpc) is 3.45. The Morgan fingerprint density at radius 2 is 1.85 bits per heavy atom. The van der Waals surface area contributed by atoms with Crippen molar-refractivity contribution in [3.63, 3.8) is 0 Å². The summed E-state index contributed by atoms with van der Waals surface area (Å²) in [4.78, 5) is 0. The smallest absolute Gasteiger partial charge is 0.194 e. The van der Waals surface area contributed by atoms with E-state index in [9.17, 15) is 10.2 Å². The lowest BCUT2D eigenvalue weighted by Crippen LogP contribution is -2.10. The van der Waals surface area contributed by atoms with Crippen molar-refractivity contribution < 1.29 is 19.7 Å². The maximum atomic E-state index is 10.7. The van der Waals surface area contributed by atoms with Crippen molar-refractivity contribution in [2.24, 2.45) is 7.05 Å². The highest BCUT2D eigenvalue weighted by molar-refractivity contribution is 6.35. The van der Waals surface area contributed by atoms with Crippen LogP contribution in [0, 0.1) is 0 Å². The van der Waals surface area contributed by atoms with Crippen molar-refractivity contribution in [3.8, 4) is 16.9 Å². The number of nitrogens with zero attached hydrogens (tertiary/aromatic N) is 3. The second kappa shape index (κ2) is 11.7. The lowest BCUT2D eigenvalue weighted by atomic mass is 9.97. The van der Waals surface area contributed by atoms with E-state index in [1.165, 1.54) is 0 Å². The number of fused-ring (bicyclic) bond motifs is 3. The lowest BCUT2D eigenvalue weighted by molar-refractivity contribution is -0.0484. The number of hydrogen-bond donors (Lipinski definition) is 2. The van der Waals surface area contributed by atoms with Gasteiger partial charge in [0.15, 0.2) is 6.29 Å². The number of aliphatic hydroxyl groups is 2. The van der Waals surface area contributed by atoms with Crippen molar-refractivity contribution in [1.82, 2.24) is 14.3 Å². The third-order valence-corrected chi connectivity index (χ3v) is 8.19. The fourth-order valence-corrected chi connectivity index (χ4v) is 6.38. The van der Waals surface area contributed by atoms with E-state index in [4.69, 9.17) is 26.2 Å². The van der Waals surface area contributed by atoms with E-state index in [1.807, 2.05) is 64.8 Å². The van der Waals surface area contributed by atoms with Crippen molar-refractivity contribution in [2.75, 3.05) is 13.2 Å². The normalized spacial score (nSPS) is 14.4. The van der Waals surface area contributed by atoms with Crippen LogP contribution in [0.1, 0.15) is 42.3 Å². The molecular weight excluding hydrogens is 538 g/mol. The third-order valence-electron chi connectivity index (χ3n) is 7.88. The van der Waals surface area contributed by atoms with Gasteiger partial charge >= 0.3 is 0 Å². The van der Waals surface area contributed by atoms with Gasteiger partial charge in [0.2, 0.25) is 0 Å². The molecule has 0 fully saturated rings. The van der Waals surface area contributed by atoms with Gasteiger partial charge in [0, 0.05) is 41.2 Å². The van der Waals surface area contributed by atoms with Gasteiger partial charge in [0.1, 0.15) is 5.75 Å². The van der Waals surface area contributed by atoms with Crippen LogP contribution in [-0.4, -0.2) is 37.8 Å². The van der Waals surface area contributed by atoms with Gasteiger partial charge in [-0.25, -0.2) is 0 Å². The number of allylic oxidation sites excluding steroid dienone is 1. The Labute approximate surface area is 244 Å². The standard InChI is InChI=1S/C33H34ClN3O4/c1-3-27-30-26(35-36(27)2)20-40-18-7-6-17-37-31-24(15-16-25(34)29(30)31)23(32(37)33(38)39)13-9-19-41-28-14-8-11-21-10-4-5-12-22(21)28/h4-8,10-12,14-16,33,38-39H,3,9,13,17-20H2,1-2H3/b7-6-. The average molecular weight is 572 g/mol. The Kier molecular flexibility index (Phi) is 7.86. The van der Waals surface area contributed by atoms with Crippen molar-refractivity contribution >= 4 is 33.3 Å². The fourth-order valence-electron chi connectivity index (χ4n) is 6.14. The minimum absolute atomic E-state index is 0.356. The van der Waals surface area contributed by atoms with Gasteiger partial charge in [-0.15, -0.1) is 0 Å². The molecule has 0 aliphatic carbocycles. The molecule has 0 saturated heterocycles. The molecule has 0 spiro atoms. The SMILES string of the molecule is CCc1c2c(nn1C)COC/C=C\Cn1c(C(O)O)c(CCCOc3cccc4ccccc34)c3ccc(Cl)c-2c31. The van der Waals surface area contributed by atoms with Crippen LogP contribution >= 0.6 is 11.6 Å². The summed E-state index contributed by atoms with van der Waals surface area (Å²) in [5.41, 5.74) is 5.91. The first-order valence-electron chi connectivity index (χ1n) is 14.1. The lowest BCUT2D eigenvalue weighted by Gasteiger charge is -2.15. The molecule has 2 aromatic heterocycles. The van der Waals surface area contributed by atoms with E-state index in [1.54, 1.807) is 0 Å². The molecule has 3 heterocycles. The van der Waals surface area contributed by atoms with Gasteiger partial charge in [-0.3, -0.25) is 4.68 Å². The molecule has 8 heteroatoms. The predicted octanol–water partition coefficient (Wildman–Crippen LogP) is 6.49. The van der Waals surface area contributed by atoms with Gasteiger partial charge in [0.25, 0.3) is 0 Å². The molecule has 6 rings (SSSR count). The van der Waals surface area contributed by atoms with Crippen LogP contribution in [0.4, 0.5) is 0 Å². The Hall–Kier alpha value is -3.62. The van der Waals surface area contributed by atoms with Crippen LogP contribution < -0.4 is 4.74 Å². The number of benzene rings is 3. The Bertz CT molecular complexity index is 1750. The number of aryl methyl sites for hydroxylation is 2. The molecule has 1 aliphatic rings. The molecule has 212 valence electrons. The zero-order valence-corrected chi connectivity index (χ0v) is 24.1. The molecule has 0 amide bonds. The molecule has 2 N–H and O–H groups in total. The molecule has 0 radical (unpaired) electrons. The molecule has 0 bridgehead atoms. The quantitative estimate of drug-likeness (QED) is 0.132. The molecule has 41 heavy (non-hydrogen) atoms. The van der Waals surface area contributed by atoms with E-state index in [2.05, 4.69) is 25.1 Å². The summed E-state index contributed by atoms with van der Waals surface area (Å²) in [7, 11) is 1.94.